The molecule has 0 aromatic heterocycles. The van der Waals surface area contributed by atoms with E-state index >= 15 is 0 Å². The number of anilines is 1. The van der Waals surface area contributed by atoms with Crippen LogP contribution in [0.4, 0.5) is 5.69 Å². The predicted molar refractivity (Wildman–Crippen MR) is 75.4 cm³/mol. The van der Waals surface area contributed by atoms with E-state index in [0.29, 0.717) is 34.0 Å². The minimum absolute atomic E-state index is 0.232. The van der Waals surface area contributed by atoms with Gasteiger partial charge in [0.1, 0.15) is 18.1 Å². The predicted octanol–water partition coefficient (Wildman–Crippen LogP) is 3.77. The molecule has 1 aromatic rings. The van der Waals surface area contributed by atoms with Crippen LogP contribution >= 0.6 is 23.2 Å². The number of nitrogens with zero attached hydrogens (tertiary/aromatic N) is 5. The Morgan fingerprint density at radius 2 is 1.80 bits per heavy atom. The van der Waals surface area contributed by atoms with Gasteiger partial charge in [0.2, 0.25) is 0 Å². The van der Waals surface area contributed by atoms with E-state index in [9.17, 15) is 0 Å². The monoisotopic (exact) mass is 307 g/mol. The lowest BCUT2D eigenvalue weighted by atomic mass is 9.82. The molecule has 1 aromatic carbocycles. The summed E-state index contributed by atoms with van der Waals surface area (Å²) in [5, 5.41) is 20.4. The van der Waals surface area contributed by atoms with E-state index < -0.39 is 0 Å². The normalized spacial score (nSPS) is 42.8. The molecule has 102 valence electrons. The van der Waals surface area contributed by atoms with Gasteiger partial charge in [0.05, 0.1) is 21.8 Å². The van der Waals surface area contributed by atoms with Gasteiger partial charge in [0.25, 0.3) is 0 Å². The second kappa shape index (κ2) is 3.71. The van der Waals surface area contributed by atoms with Crippen molar-refractivity contribution in [1.29, 1.82) is 0 Å². The van der Waals surface area contributed by atoms with Gasteiger partial charge in [0, 0.05) is 11.8 Å². The Bertz CT molecular complexity index is 660. The Labute approximate surface area is 125 Å². The molecule has 2 fully saturated rings. The van der Waals surface area contributed by atoms with Crippen LogP contribution in [0.5, 0.6) is 0 Å². The van der Waals surface area contributed by atoms with Gasteiger partial charge >= 0.3 is 0 Å². The first-order chi connectivity index (χ1) is 9.75. The van der Waals surface area contributed by atoms with Crippen molar-refractivity contribution in [3.63, 3.8) is 0 Å². The lowest BCUT2D eigenvalue weighted by molar-refractivity contribution is 0.242. The number of fused-ring (bicyclic) bond motifs is 8. The molecule has 2 aliphatic heterocycles. The van der Waals surface area contributed by atoms with E-state index in [1.807, 2.05) is 17.1 Å². The fraction of sp³-hybridized carbons (Fsp3) is 0.538. The minimum Gasteiger partial charge on any atom is -0.240 e. The van der Waals surface area contributed by atoms with Gasteiger partial charge in [-0.2, -0.15) is 15.3 Å². The molecule has 20 heavy (non-hydrogen) atoms. The molecule has 4 aliphatic rings. The summed E-state index contributed by atoms with van der Waals surface area (Å²) in [5.74, 6) is 0.983. The molecule has 6 atom stereocenters. The van der Waals surface area contributed by atoms with Gasteiger partial charge in [-0.25, -0.2) is 5.01 Å². The number of halogens is 2. The standard InChI is InChI=1S/C13H11Cl2N5/c14-7-2-1-3-8(9(7)15)20-13-6-4-5(12(13)18-19-20)10-11(6)17-16-10/h1-3,5-6,10-13H,4H2/t5-,6+,10+,11-,12-,13+/m0/s1. The maximum absolute atomic E-state index is 6.33. The van der Waals surface area contributed by atoms with Crippen LogP contribution in [-0.2, 0) is 0 Å². The third-order valence-electron chi connectivity index (χ3n) is 5.07. The van der Waals surface area contributed by atoms with E-state index in [1.54, 1.807) is 6.07 Å². The topological polar surface area (TPSA) is 52.7 Å². The van der Waals surface area contributed by atoms with Crippen molar-refractivity contribution >= 4 is 28.9 Å². The van der Waals surface area contributed by atoms with Gasteiger partial charge < -0.3 is 0 Å². The first-order valence-corrected chi connectivity index (χ1v) is 7.55. The zero-order valence-corrected chi connectivity index (χ0v) is 11.9. The summed E-state index contributed by atoms with van der Waals surface area (Å²) in [6, 6.07) is 6.87. The maximum atomic E-state index is 6.33. The lowest BCUT2D eigenvalue weighted by Crippen LogP contribution is -2.52. The Morgan fingerprint density at radius 1 is 1.00 bits per heavy atom. The SMILES string of the molecule is Clc1cccc(N2N=N[C@H]3[C@H]4C[C@H]([C@@H]5N=N[C@H]45)[C@H]32)c1Cl. The van der Waals surface area contributed by atoms with Crippen LogP contribution in [-0.4, -0.2) is 24.2 Å². The Morgan fingerprint density at radius 3 is 2.60 bits per heavy atom. The molecular weight excluding hydrogens is 297 g/mol. The highest BCUT2D eigenvalue weighted by Crippen LogP contribution is 2.57. The van der Waals surface area contributed by atoms with E-state index in [0.717, 1.165) is 12.1 Å². The van der Waals surface area contributed by atoms with Crippen LogP contribution in [0.25, 0.3) is 0 Å². The second-order valence-electron chi connectivity index (χ2n) is 5.88. The summed E-state index contributed by atoms with van der Waals surface area (Å²) in [6.45, 7) is 0. The molecule has 2 aliphatic carbocycles. The van der Waals surface area contributed by atoms with Crippen molar-refractivity contribution in [2.24, 2.45) is 32.4 Å². The average Bonchev–Trinajstić information content (AvgIpc) is 3.01. The van der Waals surface area contributed by atoms with Crippen molar-refractivity contribution in [3.05, 3.63) is 28.2 Å². The van der Waals surface area contributed by atoms with Crippen molar-refractivity contribution in [2.45, 2.75) is 30.6 Å². The number of hydrogen-bond acceptors (Lipinski definition) is 5. The molecule has 2 bridgehead atoms. The van der Waals surface area contributed by atoms with Gasteiger partial charge in [-0.1, -0.05) is 34.5 Å². The van der Waals surface area contributed by atoms with Gasteiger partial charge in [-0.15, -0.1) is 0 Å². The smallest absolute Gasteiger partial charge is 0.101 e. The van der Waals surface area contributed by atoms with E-state index in [2.05, 4.69) is 20.6 Å². The zero-order valence-electron chi connectivity index (χ0n) is 10.4. The van der Waals surface area contributed by atoms with Crippen LogP contribution in [0, 0.1) is 11.8 Å². The highest BCUT2D eigenvalue weighted by Gasteiger charge is 2.65. The van der Waals surface area contributed by atoms with Gasteiger partial charge in [-0.3, -0.25) is 0 Å². The summed E-state index contributed by atoms with van der Waals surface area (Å²) < 4.78 is 0. The van der Waals surface area contributed by atoms with E-state index in [1.165, 1.54) is 0 Å². The summed E-state index contributed by atoms with van der Waals surface area (Å²) in [6.07, 6.45) is 1.14. The van der Waals surface area contributed by atoms with E-state index in [4.69, 9.17) is 23.2 Å². The summed E-state index contributed by atoms with van der Waals surface area (Å²) in [4.78, 5) is 0. The summed E-state index contributed by atoms with van der Waals surface area (Å²) in [5.41, 5.74) is 0.843. The van der Waals surface area contributed by atoms with Crippen LogP contribution < -0.4 is 5.01 Å². The number of benzene rings is 1. The zero-order chi connectivity index (χ0) is 13.4. The van der Waals surface area contributed by atoms with Crippen LogP contribution in [0.15, 0.2) is 38.8 Å². The third-order valence-corrected chi connectivity index (χ3v) is 5.88. The van der Waals surface area contributed by atoms with E-state index in [-0.39, 0.29) is 12.1 Å². The molecule has 0 spiro atoms. The van der Waals surface area contributed by atoms with Crippen LogP contribution in [0.3, 0.4) is 0 Å². The summed E-state index contributed by atoms with van der Waals surface area (Å²) >= 11 is 12.4. The number of azo groups is 1. The van der Waals surface area contributed by atoms with Crippen molar-refractivity contribution in [1.82, 2.24) is 0 Å². The Balaban J connectivity index is 1.57. The van der Waals surface area contributed by atoms with Crippen LogP contribution in [0.1, 0.15) is 6.42 Å². The van der Waals surface area contributed by atoms with Gasteiger partial charge in [0.15, 0.2) is 0 Å². The molecule has 0 N–H and O–H groups in total. The Hall–Kier alpha value is -1.20. The van der Waals surface area contributed by atoms with Crippen molar-refractivity contribution < 1.29 is 0 Å². The minimum atomic E-state index is 0.232. The number of hydrogen-bond donors (Lipinski definition) is 0. The molecule has 2 saturated carbocycles. The van der Waals surface area contributed by atoms with Gasteiger partial charge in [-0.05, 0) is 18.6 Å². The molecule has 0 unspecified atom stereocenters. The quantitative estimate of drug-likeness (QED) is 0.779. The van der Waals surface area contributed by atoms with Crippen LogP contribution in [0.2, 0.25) is 10.0 Å². The first-order valence-electron chi connectivity index (χ1n) is 6.79. The summed E-state index contributed by atoms with van der Waals surface area (Å²) in [7, 11) is 0. The third kappa shape index (κ3) is 1.21. The molecule has 0 amide bonds. The molecule has 2 heterocycles. The fourth-order valence-corrected chi connectivity index (χ4v) is 4.60. The number of rotatable bonds is 1. The molecule has 7 heteroatoms. The fourth-order valence-electron chi connectivity index (χ4n) is 4.21. The highest BCUT2D eigenvalue weighted by molar-refractivity contribution is 6.43. The highest BCUT2D eigenvalue weighted by atomic mass is 35.5. The largest absolute Gasteiger partial charge is 0.240 e. The van der Waals surface area contributed by atoms with Crippen molar-refractivity contribution in [3.8, 4) is 0 Å². The van der Waals surface area contributed by atoms with Crippen molar-refractivity contribution in [2.75, 3.05) is 5.01 Å². The molecule has 5 rings (SSSR count). The molecule has 0 saturated heterocycles. The average molecular weight is 308 g/mol. The molecule has 5 nitrogen and oxygen atoms in total. The second-order valence-corrected chi connectivity index (χ2v) is 6.66. The molecular formula is C13H11Cl2N5. The first kappa shape index (κ1) is 11.5. The maximum Gasteiger partial charge on any atom is 0.101 e. The molecule has 0 radical (unpaired) electrons. The lowest BCUT2D eigenvalue weighted by Gasteiger charge is -2.38. The Kier molecular flexibility index (Phi) is 2.13.